The molecular weight excluding hydrogens is 216 g/mol. The number of rotatable bonds is 2. The molecule has 0 spiro atoms. The molecule has 1 aliphatic heterocycles. The molecule has 5 heteroatoms. The van der Waals surface area contributed by atoms with E-state index in [0.29, 0.717) is 17.2 Å². The van der Waals surface area contributed by atoms with Crippen LogP contribution in [0.2, 0.25) is 0 Å². The highest BCUT2D eigenvalue weighted by Crippen LogP contribution is 2.20. The quantitative estimate of drug-likeness (QED) is 0.596. The molecule has 0 radical (unpaired) electrons. The van der Waals surface area contributed by atoms with Crippen LogP contribution in [0.5, 0.6) is 0 Å². The van der Waals surface area contributed by atoms with Crippen molar-refractivity contribution in [2.24, 2.45) is 11.8 Å². The van der Waals surface area contributed by atoms with Crippen LogP contribution >= 0.6 is 0 Å². The van der Waals surface area contributed by atoms with Crippen LogP contribution in [0, 0.1) is 5.92 Å². The molecule has 3 N–H and O–H groups in total. The number of pyridine rings is 1. The van der Waals surface area contributed by atoms with Crippen LogP contribution in [0.3, 0.4) is 0 Å². The van der Waals surface area contributed by atoms with Crippen molar-refractivity contribution in [3.8, 4) is 0 Å². The summed E-state index contributed by atoms with van der Waals surface area (Å²) < 4.78 is 0. The molecule has 1 unspecified atom stereocenters. The number of hydrogen-bond acceptors (Lipinski definition) is 4. The number of carbonyl (C=O) groups is 1. The third kappa shape index (κ3) is 2.55. The van der Waals surface area contributed by atoms with Crippen molar-refractivity contribution in [3.63, 3.8) is 0 Å². The predicted octanol–water partition coefficient (Wildman–Crippen LogP) is 1.24. The molecule has 0 saturated carbocycles. The lowest BCUT2D eigenvalue weighted by atomic mass is 9.99. The number of nitrogen functional groups attached to an aromatic ring is 1. The molecule has 1 amide bonds. The van der Waals surface area contributed by atoms with Crippen molar-refractivity contribution in [2.45, 2.75) is 19.8 Å². The Kier molecular flexibility index (Phi) is 3.58. The first-order valence-corrected chi connectivity index (χ1v) is 5.92. The largest absolute Gasteiger partial charge is 0.338 e. The van der Waals surface area contributed by atoms with Gasteiger partial charge in [0.2, 0.25) is 0 Å². The van der Waals surface area contributed by atoms with E-state index in [0.717, 1.165) is 19.5 Å². The second kappa shape index (κ2) is 5.14. The zero-order chi connectivity index (χ0) is 12.3. The maximum Gasteiger partial charge on any atom is 0.257 e. The number of nitrogens with zero attached hydrogens (tertiary/aromatic N) is 2. The van der Waals surface area contributed by atoms with Crippen LogP contribution in [0.1, 0.15) is 30.1 Å². The summed E-state index contributed by atoms with van der Waals surface area (Å²) in [6.45, 7) is 3.81. The molecule has 1 saturated heterocycles. The van der Waals surface area contributed by atoms with E-state index < -0.39 is 0 Å². The van der Waals surface area contributed by atoms with Gasteiger partial charge in [-0.15, -0.1) is 0 Å². The first-order valence-electron chi connectivity index (χ1n) is 5.92. The molecule has 0 bridgehead atoms. The molecule has 1 atom stereocenters. The second-order valence-electron chi connectivity index (χ2n) is 4.56. The molecule has 2 heterocycles. The number of likely N-dealkylation sites (tertiary alicyclic amines) is 1. The summed E-state index contributed by atoms with van der Waals surface area (Å²) in [5.74, 6) is 5.98. The Balaban J connectivity index is 2.18. The highest BCUT2D eigenvalue weighted by atomic mass is 16.2. The third-order valence-corrected chi connectivity index (χ3v) is 3.15. The van der Waals surface area contributed by atoms with Gasteiger partial charge >= 0.3 is 0 Å². The number of hydrazine groups is 1. The molecule has 2 rings (SSSR count). The van der Waals surface area contributed by atoms with Gasteiger partial charge in [-0.05, 0) is 24.8 Å². The molecular formula is C12H18N4O. The lowest BCUT2D eigenvalue weighted by Gasteiger charge is -2.31. The van der Waals surface area contributed by atoms with Crippen molar-refractivity contribution in [1.82, 2.24) is 9.88 Å². The number of nitrogens with one attached hydrogen (secondary N) is 1. The van der Waals surface area contributed by atoms with Gasteiger partial charge in [0.05, 0.1) is 11.3 Å². The van der Waals surface area contributed by atoms with Gasteiger partial charge in [0.15, 0.2) is 0 Å². The molecule has 1 aromatic rings. The van der Waals surface area contributed by atoms with Crippen molar-refractivity contribution < 1.29 is 4.79 Å². The molecule has 1 aromatic heterocycles. The predicted molar refractivity (Wildman–Crippen MR) is 66.3 cm³/mol. The summed E-state index contributed by atoms with van der Waals surface area (Å²) in [6.07, 6.45) is 5.44. The van der Waals surface area contributed by atoms with Crippen LogP contribution in [-0.2, 0) is 0 Å². The van der Waals surface area contributed by atoms with Crippen LogP contribution in [0.15, 0.2) is 18.5 Å². The molecule has 1 fully saturated rings. The van der Waals surface area contributed by atoms with Crippen LogP contribution in [0.4, 0.5) is 5.69 Å². The van der Waals surface area contributed by atoms with E-state index in [9.17, 15) is 4.79 Å². The third-order valence-electron chi connectivity index (χ3n) is 3.15. The zero-order valence-corrected chi connectivity index (χ0v) is 10.0. The summed E-state index contributed by atoms with van der Waals surface area (Å²) >= 11 is 0. The van der Waals surface area contributed by atoms with Crippen LogP contribution in [0.25, 0.3) is 0 Å². The minimum absolute atomic E-state index is 0.0117. The minimum atomic E-state index is 0.0117. The SMILES string of the molecule is CC1CCCN(C(=O)c2cnccc2NN)C1. The Labute approximate surface area is 101 Å². The fourth-order valence-corrected chi connectivity index (χ4v) is 2.23. The Hall–Kier alpha value is -1.62. The fourth-order valence-electron chi connectivity index (χ4n) is 2.23. The van der Waals surface area contributed by atoms with E-state index in [1.165, 1.54) is 6.42 Å². The lowest BCUT2D eigenvalue weighted by Crippen LogP contribution is -2.39. The van der Waals surface area contributed by atoms with Crippen molar-refractivity contribution >= 4 is 11.6 Å². The van der Waals surface area contributed by atoms with Crippen LogP contribution in [-0.4, -0.2) is 28.9 Å². The number of nitrogens with two attached hydrogens (primary N) is 1. The van der Waals surface area contributed by atoms with E-state index in [2.05, 4.69) is 17.3 Å². The first-order chi connectivity index (χ1) is 8.22. The van der Waals surface area contributed by atoms with Gasteiger partial charge in [-0.25, -0.2) is 0 Å². The van der Waals surface area contributed by atoms with Gasteiger partial charge in [-0.3, -0.25) is 15.6 Å². The number of amides is 1. The Morgan fingerprint density at radius 2 is 2.47 bits per heavy atom. The van der Waals surface area contributed by atoms with E-state index in [-0.39, 0.29) is 5.91 Å². The smallest absolute Gasteiger partial charge is 0.257 e. The van der Waals surface area contributed by atoms with Gasteiger partial charge in [-0.1, -0.05) is 6.92 Å². The fraction of sp³-hybridized carbons (Fsp3) is 0.500. The van der Waals surface area contributed by atoms with E-state index >= 15 is 0 Å². The average molecular weight is 234 g/mol. The van der Waals surface area contributed by atoms with E-state index in [1.807, 2.05) is 4.90 Å². The van der Waals surface area contributed by atoms with Crippen molar-refractivity contribution in [1.29, 1.82) is 0 Å². The average Bonchev–Trinajstić information content (AvgIpc) is 2.38. The Bertz CT molecular complexity index is 407. The summed E-state index contributed by atoms with van der Waals surface area (Å²) in [6, 6.07) is 1.71. The minimum Gasteiger partial charge on any atom is -0.338 e. The van der Waals surface area contributed by atoms with Crippen LogP contribution < -0.4 is 11.3 Å². The molecule has 17 heavy (non-hydrogen) atoms. The summed E-state index contributed by atoms with van der Waals surface area (Å²) in [5, 5.41) is 0. The highest BCUT2D eigenvalue weighted by Gasteiger charge is 2.23. The number of piperidine rings is 1. The van der Waals surface area contributed by atoms with Gasteiger partial charge in [0, 0.05) is 25.5 Å². The number of aromatic nitrogens is 1. The molecule has 0 aromatic carbocycles. The number of hydrogen-bond donors (Lipinski definition) is 2. The summed E-state index contributed by atoms with van der Waals surface area (Å²) in [4.78, 5) is 18.2. The maximum atomic E-state index is 12.3. The summed E-state index contributed by atoms with van der Waals surface area (Å²) in [7, 11) is 0. The maximum absolute atomic E-state index is 12.3. The molecule has 1 aliphatic rings. The van der Waals surface area contributed by atoms with Gasteiger partial charge in [0.25, 0.3) is 5.91 Å². The summed E-state index contributed by atoms with van der Waals surface area (Å²) in [5.41, 5.74) is 3.71. The molecule has 0 aliphatic carbocycles. The first kappa shape index (κ1) is 11.9. The molecule has 5 nitrogen and oxygen atoms in total. The number of anilines is 1. The van der Waals surface area contributed by atoms with Crippen molar-refractivity contribution in [2.75, 3.05) is 18.5 Å². The van der Waals surface area contributed by atoms with Gasteiger partial charge in [-0.2, -0.15) is 0 Å². The standard InChI is InChI=1S/C12H18N4O/c1-9-3-2-6-16(8-9)12(17)10-7-14-5-4-11(10)15-13/h4-5,7,9H,2-3,6,8,13H2,1H3,(H,14,15). The Morgan fingerprint density at radius 3 is 3.18 bits per heavy atom. The van der Waals surface area contributed by atoms with Gasteiger partial charge in [0.1, 0.15) is 0 Å². The van der Waals surface area contributed by atoms with E-state index in [1.54, 1.807) is 18.5 Å². The van der Waals surface area contributed by atoms with Gasteiger partial charge < -0.3 is 10.3 Å². The molecule has 92 valence electrons. The number of carbonyl (C=O) groups excluding carboxylic acids is 1. The van der Waals surface area contributed by atoms with Crippen molar-refractivity contribution in [3.05, 3.63) is 24.0 Å². The Morgan fingerprint density at radius 1 is 1.65 bits per heavy atom. The van der Waals surface area contributed by atoms with E-state index in [4.69, 9.17) is 5.84 Å². The lowest BCUT2D eigenvalue weighted by molar-refractivity contribution is 0.0683. The monoisotopic (exact) mass is 234 g/mol. The highest BCUT2D eigenvalue weighted by molar-refractivity contribution is 5.99. The normalized spacial score (nSPS) is 20.1. The topological polar surface area (TPSA) is 71.2 Å². The zero-order valence-electron chi connectivity index (χ0n) is 10.0. The second-order valence-corrected chi connectivity index (χ2v) is 4.56.